The van der Waals surface area contributed by atoms with Crippen molar-refractivity contribution in [3.63, 3.8) is 0 Å². The standard InChI is InChI=1S/C17H18N4O3/c22-15-5-1-3-13(11-15)16(23)20-7-9-21(10-8-20)17(24)19-14-4-2-6-18-12-14/h1-6,11-12,22H,7-10H2,(H,19,24). The van der Waals surface area contributed by atoms with E-state index in [0.29, 0.717) is 37.4 Å². The number of nitrogens with one attached hydrogen (secondary N) is 1. The van der Waals surface area contributed by atoms with Crippen LogP contribution in [0, 0.1) is 0 Å². The molecule has 2 heterocycles. The highest BCUT2D eigenvalue weighted by Crippen LogP contribution is 2.15. The summed E-state index contributed by atoms with van der Waals surface area (Å²) < 4.78 is 0. The van der Waals surface area contributed by atoms with E-state index in [0.717, 1.165) is 0 Å². The van der Waals surface area contributed by atoms with Gasteiger partial charge in [-0.1, -0.05) is 6.07 Å². The monoisotopic (exact) mass is 326 g/mol. The average Bonchev–Trinajstić information content (AvgIpc) is 2.62. The molecule has 1 aliphatic heterocycles. The number of benzene rings is 1. The summed E-state index contributed by atoms with van der Waals surface area (Å²) in [6.07, 6.45) is 3.22. The molecule has 0 spiro atoms. The highest BCUT2D eigenvalue weighted by atomic mass is 16.3. The van der Waals surface area contributed by atoms with Crippen LogP contribution in [0.1, 0.15) is 10.4 Å². The molecule has 2 aromatic rings. The van der Waals surface area contributed by atoms with Gasteiger partial charge in [0, 0.05) is 37.9 Å². The third-order valence-corrected chi connectivity index (χ3v) is 3.86. The van der Waals surface area contributed by atoms with Crippen LogP contribution in [0.3, 0.4) is 0 Å². The molecule has 124 valence electrons. The van der Waals surface area contributed by atoms with Crippen molar-refractivity contribution in [3.05, 3.63) is 54.4 Å². The number of aromatic hydroxyl groups is 1. The number of carbonyl (C=O) groups excluding carboxylic acids is 2. The maximum atomic E-state index is 12.4. The number of hydrogen-bond donors (Lipinski definition) is 2. The topological polar surface area (TPSA) is 85.8 Å². The number of hydrogen-bond acceptors (Lipinski definition) is 4. The first-order valence-electron chi connectivity index (χ1n) is 7.68. The Morgan fingerprint density at radius 1 is 1.04 bits per heavy atom. The van der Waals surface area contributed by atoms with Gasteiger partial charge in [-0.25, -0.2) is 4.79 Å². The predicted molar refractivity (Wildman–Crippen MR) is 88.8 cm³/mol. The molecule has 2 N–H and O–H groups in total. The van der Waals surface area contributed by atoms with E-state index in [1.165, 1.54) is 12.1 Å². The highest BCUT2D eigenvalue weighted by molar-refractivity contribution is 5.95. The van der Waals surface area contributed by atoms with Crippen LogP contribution >= 0.6 is 0 Å². The molecule has 1 saturated heterocycles. The number of aromatic nitrogens is 1. The number of rotatable bonds is 2. The third kappa shape index (κ3) is 3.62. The predicted octanol–water partition coefficient (Wildman–Crippen LogP) is 1.78. The zero-order valence-electron chi connectivity index (χ0n) is 13.1. The number of carbonyl (C=O) groups is 2. The fourth-order valence-corrected chi connectivity index (χ4v) is 2.57. The molecule has 7 heteroatoms. The Bertz CT molecular complexity index is 728. The number of urea groups is 1. The van der Waals surface area contributed by atoms with Crippen LogP contribution in [0.5, 0.6) is 5.75 Å². The number of pyridine rings is 1. The summed E-state index contributed by atoms with van der Waals surface area (Å²) in [5.74, 6) is -0.0754. The molecule has 3 rings (SSSR count). The maximum absolute atomic E-state index is 12.4. The zero-order chi connectivity index (χ0) is 16.9. The molecule has 0 bridgehead atoms. The van der Waals surface area contributed by atoms with Gasteiger partial charge in [-0.15, -0.1) is 0 Å². The van der Waals surface area contributed by atoms with Crippen LogP contribution in [0.15, 0.2) is 48.8 Å². The molecule has 1 aliphatic rings. The summed E-state index contributed by atoms with van der Waals surface area (Å²) >= 11 is 0. The van der Waals surface area contributed by atoms with Gasteiger partial charge < -0.3 is 20.2 Å². The maximum Gasteiger partial charge on any atom is 0.322 e. The lowest BCUT2D eigenvalue weighted by atomic mass is 10.1. The fraction of sp³-hybridized carbons (Fsp3) is 0.235. The number of anilines is 1. The van der Waals surface area contributed by atoms with Crippen LogP contribution in [0.2, 0.25) is 0 Å². The number of phenolic OH excluding ortho intramolecular Hbond substituents is 1. The van der Waals surface area contributed by atoms with E-state index in [1.54, 1.807) is 46.5 Å². The second kappa shape index (κ2) is 6.99. The third-order valence-electron chi connectivity index (χ3n) is 3.86. The van der Waals surface area contributed by atoms with Crippen molar-refractivity contribution in [2.45, 2.75) is 0 Å². The van der Waals surface area contributed by atoms with Crippen molar-refractivity contribution >= 4 is 17.6 Å². The second-order valence-electron chi connectivity index (χ2n) is 5.50. The molecular formula is C17H18N4O3. The normalized spacial score (nSPS) is 14.3. The Kier molecular flexibility index (Phi) is 4.60. The minimum Gasteiger partial charge on any atom is -0.508 e. The van der Waals surface area contributed by atoms with Crippen LogP contribution in [0.25, 0.3) is 0 Å². The van der Waals surface area contributed by atoms with E-state index < -0.39 is 0 Å². The van der Waals surface area contributed by atoms with Crippen molar-refractivity contribution in [2.75, 3.05) is 31.5 Å². The summed E-state index contributed by atoms with van der Waals surface area (Å²) in [5, 5.41) is 12.3. The molecule has 0 saturated carbocycles. The Balaban J connectivity index is 1.55. The van der Waals surface area contributed by atoms with Crippen molar-refractivity contribution in [1.29, 1.82) is 0 Å². The number of nitrogens with zero attached hydrogens (tertiary/aromatic N) is 3. The number of phenols is 1. The average molecular weight is 326 g/mol. The molecule has 1 fully saturated rings. The van der Waals surface area contributed by atoms with Crippen LogP contribution < -0.4 is 5.32 Å². The number of amides is 3. The van der Waals surface area contributed by atoms with Gasteiger partial charge in [0.1, 0.15) is 5.75 Å². The van der Waals surface area contributed by atoms with Gasteiger partial charge in [0.2, 0.25) is 0 Å². The first kappa shape index (κ1) is 15.8. The summed E-state index contributed by atoms with van der Waals surface area (Å²) in [6.45, 7) is 1.82. The molecule has 3 amide bonds. The summed E-state index contributed by atoms with van der Waals surface area (Å²) in [4.78, 5) is 31.9. The molecule has 7 nitrogen and oxygen atoms in total. The van der Waals surface area contributed by atoms with Crippen molar-refractivity contribution in [2.24, 2.45) is 0 Å². The second-order valence-corrected chi connectivity index (χ2v) is 5.50. The van der Waals surface area contributed by atoms with Gasteiger partial charge in [0.15, 0.2) is 0 Å². The first-order valence-corrected chi connectivity index (χ1v) is 7.68. The number of piperazine rings is 1. The fourth-order valence-electron chi connectivity index (χ4n) is 2.57. The van der Waals surface area contributed by atoms with E-state index in [9.17, 15) is 14.7 Å². The van der Waals surface area contributed by atoms with E-state index in [-0.39, 0.29) is 17.7 Å². The molecular weight excluding hydrogens is 308 g/mol. The summed E-state index contributed by atoms with van der Waals surface area (Å²) in [6, 6.07) is 9.60. The van der Waals surface area contributed by atoms with Gasteiger partial charge >= 0.3 is 6.03 Å². The van der Waals surface area contributed by atoms with Crippen molar-refractivity contribution in [1.82, 2.24) is 14.8 Å². The smallest absolute Gasteiger partial charge is 0.322 e. The Morgan fingerprint density at radius 2 is 1.79 bits per heavy atom. The molecule has 24 heavy (non-hydrogen) atoms. The van der Waals surface area contributed by atoms with E-state index in [2.05, 4.69) is 10.3 Å². The first-order chi connectivity index (χ1) is 11.6. The lowest BCUT2D eigenvalue weighted by Gasteiger charge is -2.34. The van der Waals surface area contributed by atoms with Gasteiger partial charge in [0.05, 0.1) is 11.9 Å². The van der Waals surface area contributed by atoms with E-state index >= 15 is 0 Å². The molecule has 1 aromatic carbocycles. The van der Waals surface area contributed by atoms with Gasteiger partial charge in [-0.05, 0) is 30.3 Å². The minimum absolute atomic E-state index is 0.0651. The molecule has 0 aliphatic carbocycles. The molecule has 1 aromatic heterocycles. The lowest BCUT2D eigenvalue weighted by Crippen LogP contribution is -2.51. The van der Waals surface area contributed by atoms with Gasteiger partial charge in [-0.3, -0.25) is 9.78 Å². The summed E-state index contributed by atoms with van der Waals surface area (Å²) in [5.41, 5.74) is 1.09. The van der Waals surface area contributed by atoms with E-state index in [4.69, 9.17) is 0 Å². The lowest BCUT2D eigenvalue weighted by molar-refractivity contribution is 0.0671. The SMILES string of the molecule is O=C(Nc1cccnc1)N1CCN(C(=O)c2cccc(O)c2)CC1. The summed E-state index contributed by atoms with van der Waals surface area (Å²) in [7, 11) is 0. The Morgan fingerprint density at radius 3 is 2.46 bits per heavy atom. The molecule has 0 unspecified atom stereocenters. The van der Waals surface area contributed by atoms with Crippen molar-refractivity contribution in [3.8, 4) is 5.75 Å². The Hall–Kier alpha value is -3.09. The van der Waals surface area contributed by atoms with Gasteiger partial charge in [0.25, 0.3) is 5.91 Å². The van der Waals surface area contributed by atoms with Crippen molar-refractivity contribution < 1.29 is 14.7 Å². The van der Waals surface area contributed by atoms with Crippen LogP contribution in [0.4, 0.5) is 10.5 Å². The molecule has 0 atom stereocenters. The Labute approximate surface area is 139 Å². The zero-order valence-corrected chi connectivity index (χ0v) is 13.1. The van der Waals surface area contributed by atoms with E-state index in [1.807, 2.05) is 0 Å². The van der Waals surface area contributed by atoms with Crippen LogP contribution in [-0.2, 0) is 0 Å². The largest absolute Gasteiger partial charge is 0.508 e. The van der Waals surface area contributed by atoms with Crippen LogP contribution in [-0.4, -0.2) is 58.0 Å². The quantitative estimate of drug-likeness (QED) is 0.881. The van der Waals surface area contributed by atoms with Gasteiger partial charge in [-0.2, -0.15) is 0 Å². The minimum atomic E-state index is -0.201. The highest BCUT2D eigenvalue weighted by Gasteiger charge is 2.25. The molecule has 0 radical (unpaired) electrons.